The maximum Gasteiger partial charge on any atom is 0.326 e. The first-order valence-electron chi connectivity index (χ1n) is 13.6. The molecule has 5 rings (SSSR count). The van der Waals surface area contributed by atoms with Crippen molar-refractivity contribution in [2.24, 2.45) is 20.5 Å². The smallest absolute Gasteiger partial charge is 0.326 e. The Labute approximate surface area is 243 Å². The third-order valence-electron chi connectivity index (χ3n) is 6.85. The molecule has 2 N–H and O–H groups in total. The molecule has 0 radical (unpaired) electrons. The fraction of sp³-hybridized carbons (Fsp3) is 0.188. The van der Waals surface area contributed by atoms with Crippen molar-refractivity contribution in [2.45, 2.75) is 19.9 Å². The molecule has 10 heteroatoms. The van der Waals surface area contributed by atoms with Crippen molar-refractivity contribution in [3.8, 4) is 17.3 Å². The van der Waals surface area contributed by atoms with Crippen LogP contribution in [0.1, 0.15) is 12.0 Å². The molecule has 2 aromatic heterocycles. The third kappa shape index (κ3) is 6.08. The maximum absolute atomic E-state index is 13.5. The molecule has 0 spiro atoms. The summed E-state index contributed by atoms with van der Waals surface area (Å²) in [5.41, 5.74) is 2.31. The van der Waals surface area contributed by atoms with Crippen LogP contribution in [-0.2, 0) is 6.54 Å². The van der Waals surface area contributed by atoms with Crippen LogP contribution in [0.5, 0.6) is 11.6 Å². The molecule has 0 aliphatic rings. The zero-order chi connectivity index (χ0) is 29.6. The van der Waals surface area contributed by atoms with Gasteiger partial charge in [-0.15, -0.1) is 10.2 Å². The van der Waals surface area contributed by atoms with Crippen molar-refractivity contribution in [1.29, 1.82) is 0 Å². The first-order chi connectivity index (χ1) is 20.3. The summed E-state index contributed by atoms with van der Waals surface area (Å²) in [6, 6.07) is 23.6. The Kier molecular flexibility index (Phi) is 8.44. The van der Waals surface area contributed by atoms with Gasteiger partial charge in [-0.05, 0) is 69.7 Å². The SMILES string of the molecule is Cc1c(N=Nc2ccc(N=Nc3ccc4ccccc4c3O)cc2)c(O)n(CCCN(C)C)c(=O)c1-[n+]1ccccc1. The maximum atomic E-state index is 13.5. The highest BCUT2D eigenvalue weighted by molar-refractivity contribution is 5.92. The number of nitrogens with zero attached hydrogens (tertiary/aromatic N) is 7. The fourth-order valence-corrected chi connectivity index (χ4v) is 4.65. The lowest BCUT2D eigenvalue weighted by molar-refractivity contribution is -0.597. The van der Waals surface area contributed by atoms with Crippen LogP contribution >= 0.6 is 0 Å². The standard InChI is InChI=1S/C32H31N7O3/c1-22-28(31(41)39(21-9-18-37(2)3)32(42)29(22)38-19-7-4-8-20-38)36-34-25-15-13-24(14-16-25)33-35-27-17-12-23-10-5-6-11-26(23)30(27)40/h4-8,10-17,19-20H,9,18,21H2,1-3H3,(H-,33,34,35,36,40,41,42)/p+1. The Balaban J connectivity index is 1.43. The monoisotopic (exact) mass is 562 g/mol. The van der Waals surface area contributed by atoms with Gasteiger partial charge in [0.05, 0.1) is 16.9 Å². The zero-order valence-corrected chi connectivity index (χ0v) is 23.7. The average Bonchev–Trinajstić information content (AvgIpc) is 2.99. The molecule has 0 fully saturated rings. The van der Waals surface area contributed by atoms with Gasteiger partial charge in [0.1, 0.15) is 5.69 Å². The highest BCUT2D eigenvalue weighted by Gasteiger charge is 2.25. The second-order valence-electron chi connectivity index (χ2n) is 10.1. The van der Waals surface area contributed by atoms with Crippen molar-refractivity contribution >= 4 is 33.5 Å². The Morgan fingerprint density at radius 3 is 2.17 bits per heavy atom. The molecular formula is C32H32N7O3+. The van der Waals surface area contributed by atoms with Crippen molar-refractivity contribution in [3.63, 3.8) is 0 Å². The Morgan fingerprint density at radius 1 is 0.810 bits per heavy atom. The summed E-state index contributed by atoms with van der Waals surface area (Å²) in [5, 5.41) is 40.5. The summed E-state index contributed by atoms with van der Waals surface area (Å²) in [7, 11) is 3.92. The number of phenols is 1. The first-order valence-corrected chi connectivity index (χ1v) is 13.6. The minimum atomic E-state index is -0.300. The third-order valence-corrected chi connectivity index (χ3v) is 6.85. The van der Waals surface area contributed by atoms with E-state index in [2.05, 4.69) is 20.5 Å². The number of fused-ring (bicyclic) bond motifs is 1. The molecule has 0 saturated heterocycles. The van der Waals surface area contributed by atoms with Crippen LogP contribution in [0, 0.1) is 6.92 Å². The topological polar surface area (TPSA) is 119 Å². The van der Waals surface area contributed by atoms with Gasteiger partial charge < -0.3 is 15.1 Å². The van der Waals surface area contributed by atoms with E-state index in [1.165, 1.54) is 4.57 Å². The lowest BCUT2D eigenvalue weighted by Crippen LogP contribution is -2.40. The van der Waals surface area contributed by atoms with E-state index >= 15 is 0 Å². The molecule has 212 valence electrons. The Morgan fingerprint density at radius 2 is 1.48 bits per heavy atom. The van der Waals surface area contributed by atoms with E-state index in [-0.39, 0.29) is 22.9 Å². The van der Waals surface area contributed by atoms with Gasteiger partial charge in [-0.2, -0.15) is 14.8 Å². The number of phenolic OH excluding ortho intramolecular Hbond substituents is 1. The molecule has 3 aromatic carbocycles. The molecule has 10 nitrogen and oxygen atoms in total. The van der Waals surface area contributed by atoms with Crippen molar-refractivity contribution in [2.75, 3.05) is 20.6 Å². The number of aromatic hydroxyl groups is 2. The van der Waals surface area contributed by atoms with Crippen molar-refractivity contribution < 1.29 is 14.8 Å². The zero-order valence-electron chi connectivity index (χ0n) is 23.7. The van der Waals surface area contributed by atoms with Crippen LogP contribution in [0.15, 0.2) is 117 Å². The van der Waals surface area contributed by atoms with Gasteiger partial charge in [0.25, 0.3) is 5.69 Å². The van der Waals surface area contributed by atoms with Crippen LogP contribution in [-0.4, -0.2) is 40.3 Å². The van der Waals surface area contributed by atoms with Gasteiger partial charge in [0, 0.05) is 24.1 Å². The van der Waals surface area contributed by atoms with Crippen LogP contribution in [0.4, 0.5) is 22.7 Å². The van der Waals surface area contributed by atoms with Gasteiger partial charge in [0.2, 0.25) is 5.88 Å². The van der Waals surface area contributed by atoms with E-state index in [1.807, 2.05) is 67.5 Å². The van der Waals surface area contributed by atoms with E-state index in [4.69, 9.17) is 0 Å². The first kappa shape index (κ1) is 28.3. The van der Waals surface area contributed by atoms with E-state index < -0.39 is 0 Å². The number of benzene rings is 3. The predicted molar refractivity (Wildman–Crippen MR) is 162 cm³/mol. The van der Waals surface area contributed by atoms with E-state index in [1.54, 1.807) is 54.2 Å². The largest absolute Gasteiger partial charge is 0.505 e. The molecule has 0 saturated carbocycles. The van der Waals surface area contributed by atoms with Crippen LogP contribution in [0.3, 0.4) is 0 Å². The summed E-state index contributed by atoms with van der Waals surface area (Å²) < 4.78 is 3.08. The number of pyridine rings is 2. The summed E-state index contributed by atoms with van der Waals surface area (Å²) in [4.78, 5) is 15.5. The Hall–Kier alpha value is -5.22. The van der Waals surface area contributed by atoms with Crippen LogP contribution in [0.2, 0.25) is 0 Å². The molecule has 0 unspecified atom stereocenters. The quantitative estimate of drug-likeness (QED) is 0.152. The predicted octanol–water partition coefficient (Wildman–Crippen LogP) is 6.78. The lowest BCUT2D eigenvalue weighted by Gasteiger charge is -2.14. The molecule has 0 aliphatic heterocycles. The minimum absolute atomic E-state index is 0.0773. The lowest BCUT2D eigenvalue weighted by atomic mass is 10.1. The van der Waals surface area contributed by atoms with E-state index in [9.17, 15) is 15.0 Å². The van der Waals surface area contributed by atoms with Crippen LogP contribution in [0.25, 0.3) is 16.5 Å². The number of aromatic nitrogens is 2. The summed E-state index contributed by atoms with van der Waals surface area (Å²) in [6.07, 6.45) is 4.25. The summed E-state index contributed by atoms with van der Waals surface area (Å²) in [5.74, 6) is -0.144. The minimum Gasteiger partial charge on any atom is -0.505 e. The second-order valence-corrected chi connectivity index (χ2v) is 10.1. The Bertz CT molecular complexity index is 1830. The normalized spacial score (nSPS) is 11.8. The van der Waals surface area contributed by atoms with E-state index in [0.29, 0.717) is 46.7 Å². The van der Waals surface area contributed by atoms with Crippen LogP contribution < -0.4 is 10.1 Å². The number of hydrogen-bond donors (Lipinski definition) is 2. The van der Waals surface area contributed by atoms with Crippen molar-refractivity contribution in [1.82, 2.24) is 9.47 Å². The van der Waals surface area contributed by atoms with Gasteiger partial charge in [-0.3, -0.25) is 9.36 Å². The molecule has 0 aliphatic carbocycles. The molecule has 0 bridgehead atoms. The number of hydrogen-bond acceptors (Lipinski definition) is 8. The highest BCUT2D eigenvalue weighted by Crippen LogP contribution is 2.36. The fourth-order valence-electron chi connectivity index (χ4n) is 4.65. The van der Waals surface area contributed by atoms with Crippen molar-refractivity contribution in [3.05, 3.63) is 107 Å². The van der Waals surface area contributed by atoms with Gasteiger partial charge in [-0.1, -0.05) is 36.4 Å². The highest BCUT2D eigenvalue weighted by atomic mass is 16.3. The van der Waals surface area contributed by atoms with Gasteiger partial charge in [-0.25, -0.2) is 0 Å². The summed E-state index contributed by atoms with van der Waals surface area (Å²) >= 11 is 0. The molecular weight excluding hydrogens is 530 g/mol. The van der Waals surface area contributed by atoms with E-state index in [0.717, 1.165) is 11.9 Å². The molecule has 0 amide bonds. The van der Waals surface area contributed by atoms with Gasteiger partial charge in [0.15, 0.2) is 23.8 Å². The second kappa shape index (κ2) is 12.5. The molecule has 2 heterocycles. The average molecular weight is 563 g/mol. The molecule has 5 aromatic rings. The molecule has 0 atom stereocenters. The number of rotatable bonds is 9. The summed E-state index contributed by atoms with van der Waals surface area (Å²) in [6.45, 7) is 2.84. The van der Waals surface area contributed by atoms with Gasteiger partial charge >= 0.3 is 5.56 Å². The molecule has 42 heavy (non-hydrogen) atoms. The number of azo groups is 2.